The summed E-state index contributed by atoms with van der Waals surface area (Å²) in [4.78, 5) is 61.6. The summed E-state index contributed by atoms with van der Waals surface area (Å²) >= 11 is 0. The van der Waals surface area contributed by atoms with Gasteiger partial charge in [-0.05, 0) is 107 Å². The number of unbranched alkanes of at least 4 members (excludes halogenated alkanes) is 8. The molecule has 0 bridgehead atoms. The van der Waals surface area contributed by atoms with Crippen molar-refractivity contribution in [2.24, 2.45) is 0 Å². The molecule has 56 heavy (non-hydrogen) atoms. The van der Waals surface area contributed by atoms with Crippen molar-refractivity contribution in [3.05, 3.63) is 102 Å². The summed E-state index contributed by atoms with van der Waals surface area (Å²) in [6.45, 7) is 10.8. The number of ether oxygens (including phenoxy) is 7. The highest BCUT2D eigenvalue weighted by Gasteiger charge is 2.27. The standard InChI is InChI=1S/C44H56O12/c1-4-7-12-31-54-44(49)38-32-37(55-42(47)33-17-21-35(22-18-33)50-27-13-8-10-15-29-52-40(45)5-2)25-26-39(38)56-43(48)34-19-23-36(24-20-34)51-28-14-9-11-16-30-53-41(46)6-3/h5-6,17-19,21-23,32H,2-4,7-16,20,24-31H2,1H3. The van der Waals surface area contributed by atoms with Crippen molar-refractivity contribution in [3.8, 4) is 5.75 Å². The SMILES string of the molecule is C=CC(=O)OCCCCCCOC1=CC=C(C(=O)OC2=C(C(=O)OCCCCC)C=C(OC(=O)c3ccc(OCCCCCCOC(=O)C=C)cc3)CC2)CC1. The molecule has 0 spiro atoms. The van der Waals surface area contributed by atoms with Gasteiger partial charge in [0.05, 0.1) is 44.4 Å². The zero-order valence-electron chi connectivity index (χ0n) is 32.7. The first-order valence-corrected chi connectivity index (χ1v) is 19.6. The minimum Gasteiger partial charge on any atom is -0.498 e. The molecule has 0 radical (unpaired) electrons. The van der Waals surface area contributed by atoms with Gasteiger partial charge in [0.15, 0.2) is 0 Å². The summed E-state index contributed by atoms with van der Waals surface area (Å²) in [5.74, 6) is -0.829. The maximum absolute atomic E-state index is 13.2. The highest BCUT2D eigenvalue weighted by Crippen LogP contribution is 2.30. The first-order chi connectivity index (χ1) is 27.2. The van der Waals surface area contributed by atoms with Crippen LogP contribution in [-0.2, 0) is 47.6 Å². The fourth-order valence-electron chi connectivity index (χ4n) is 5.56. The second-order valence-electron chi connectivity index (χ2n) is 13.2. The Hall–Kier alpha value is -5.39. The smallest absolute Gasteiger partial charge is 0.343 e. The van der Waals surface area contributed by atoms with Crippen molar-refractivity contribution in [3.63, 3.8) is 0 Å². The van der Waals surface area contributed by atoms with Gasteiger partial charge in [-0.25, -0.2) is 24.0 Å². The average molecular weight is 777 g/mol. The molecule has 0 amide bonds. The third-order valence-electron chi connectivity index (χ3n) is 8.76. The molecule has 2 aliphatic rings. The Labute approximate surface area is 330 Å². The van der Waals surface area contributed by atoms with Crippen LogP contribution in [0.5, 0.6) is 5.75 Å². The van der Waals surface area contributed by atoms with Gasteiger partial charge in [-0.1, -0.05) is 32.9 Å². The predicted octanol–water partition coefficient (Wildman–Crippen LogP) is 8.63. The average Bonchev–Trinajstić information content (AvgIpc) is 3.22. The van der Waals surface area contributed by atoms with E-state index >= 15 is 0 Å². The molecule has 1 aromatic rings. The molecule has 0 unspecified atom stereocenters. The number of carbonyl (C=O) groups excluding carboxylic acids is 5. The van der Waals surface area contributed by atoms with Crippen LogP contribution in [0.2, 0.25) is 0 Å². The largest absolute Gasteiger partial charge is 0.498 e. The van der Waals surface area contributed by atoms with Gasteiger partial charge in [0.2, 0.25) is 0 Å². The molecule has 0 atom stereocenters. The van der Waals surface area contributed by atoms with E-state index in [9.17, 15) is 24.0 Å². The van der Waals surface area contributed by atoms with E-state index in [1.165, 1.54) is 6.08 Å². The second kappa shape index (κ2) is 26.4. The van der Waals surface area contributed by atoms with Crippen molar-refractivity contribution in [1.29, 1.82) is 0 Å². The number of carbonyl (C=O) groups is 5. The lowest BCUT2D eigenvalue weighted by atomic mass is 10.0. The minimum atomic E-state index is -0.652. The van der Waals surface area contributed by atoms with Crippen molar-refractivity contribution in [2.45, 2.75) is 103 Å². The van der Waals surface area contributed by atoms with Crippen LogP contribution in [0, 0.1) is 0 Å². The molecular formula is C44H56O12. The van der Waals surface area contributed by atoms with Crippen LogP contribution in [0.15, 0.2) is 96.2 Å². The van der Waals surface area contributed by atoms with E-state index in [1.54, 1.807) is 36.4 Å². The second-order valence-corrected chi connectivity index (χ2v) is 13.2. The van der Waals surface area contributed by atoms with Gasteiger partial charge in [-0.2, -0.15) is 0 Å². The maximum Gasteiger partial charge on any atom is 0.343 e. The molecule has 0 heterocycles. The monoisotopic (exact) mass is 776 g/mol. The Bertz CT molecular complexity index is 1610. The van der Waals surface area contributed by atoms with Crippen molar-refractivity contribution < 1.29 is 57.1 Å². The summed E-state index contributed by atoms with van der Waals surface area (Å²) in [5.41, 5.74) is 0.800. The zero-order chi connectivity index (χ0) is 40.4. The van der Waals surface area contributed by atoms with Gasteiger partial charge < -0.3 is 33.2 Å². The van der Waals surface area contributed by atoms with E-state index in [-0.39, 0.29) is 36.5 Å². The number of rotatable bonds is 27. The number of allylic oxidation sites excluding steroid dienone is 5. The molecule has 1 aromatic carbocycles. The highest BCUT2D eigenvalue weighted by molar-refractivity contribution is 5.95. The molecule has 0 saturated heterocycles. The van der Waals surface area contributed by atoms with Crippen LogP contribution in [0.25, 0.3) is 0 Å². The van der Waals surface area contributed by atoms with Crippen molar-refractivity contribution in [2.75, 3.05) is 33.0 Å². The van der Waals surface area contributed by atoms with Gasteiger partial charge in [0, 0.05) is 37.0 Å². The third kappa shape index (κ3) is 17.4. The van der Waals surface area contributed by atoms with Crippen LogP contribution in [0.3, 0.4) is 0 Å². The van der Waals surface area contributed by atoms with Gasteiger partial charge in [0.1, 0.15) is 22.8 Å². The quantitative estimate of drug-likeness (QED) is 0.0364. The Morgan fingerprint density at radius 1 is 0.571 bits per heavy atom. The molecule has 12 heteroatoms. The highest BCUT2D eigenvalue weighted by atomic mass is 16.6. The lowest BCUT2D eigenvalue weighted by molar-refractivity contribution is -0.140. The minimum absolute atomic E-state index is 0.0419. The first-order valence-electron chi connectivity index (χ1n) is 19.6. The third-order valence-corrected chi connectivity index (χ3v) is 8.76. The molecule has 0 N–H and O–H groups in total. The molecular weight excluding hydrogens is 720 g/mol. The van der Waals surface area contributed by atoms with E-state index in [2.05, 4.69) is 13.2 Å². The fraction of sp³-hybridized carbons (Fsp3) is 0.477. The summed E-state index contributed by atoms with van der Waals surface area (Å²) < 4.78 is 38.5. The van der Waals surface area contributed by atoms with Crippen LogP contribution in [-0.4, -0.2) is 62.9 Å². The topological polar surface area (TPSA) is 150 Å². The normalized spacial score (nSPS) is 13.6. The van der Waals surface area contributed by atoms with Crippen molar-refractivity contribution in [1.82, 2.24) is 0 Å². The number of hydrogen-bond donors (Lipinski definition) is 0. The molecule has 0 saturated carbocycles. The van der Waals surface area contributed by atoms with Gasteiger partial charge >= 0.3 is 29.8 Å². The Kier molecular flexibility index (Phi) is 21.2. The lowest BCUT2D eigenvalue weighted by Gasteiger charge is -2.20. The van der Waals surface area contributed by atoms with E-state index < -0.39 is 29.8 Å². The Morgan fingerprint density at radius 3 is 1.73 bits per heavy atom. The van der Waals surface area contributed by atoms with Crippen LogP contribution in [0.1, 0.15) is 114 Å². The van der Waals surface area contributed by atoms with Crippen LogP contribution in [0.4, 0.5) is 0 Å². The molecule has 0 aromatic heterocycles. The molecule has 0 fully saturated rings. The lowest BCUT2D eigenvalue weighted by Crippen LogP contribution is -2.19. The van der Waals surface area contributed by atoms with E-state index in [1.807, 2.05) is 6.92 Å². The van der Waals surface area contributed by atoms with Gasteiger partial charge in [-0.3, -0.25) is 0 Å². The zero-order valence-corrected chi connectivity index (χ0v) is 32.7. The molecule has 304 valence electrons. The van der Waals surface area contributed by atoms with Gasteiger partial charge in [-0.15, -0.1) is 0 Å². The maximum atomic E-state index is 13.2. The van der Waals surface area contributed by atoms with Gasteiger partial charge in [0.25, 0.3) is 0 Å². The summed E-state index contributed by atoms with van der Waals surface area (Å²) in [5, 5.41) is 0. The summed E-state index contributed by atoms with van der Waals surface area (Å²) in [7, 11) is 0. The van der Waals surface area contributed by atoms with E-state index in [4.69, 9.17) is 33.2 Å². The summed E-state index contributed by atoms with van der Waals surface area (Å²) in [6, 6.07) is 6.60. The molecule has 0 aliphatic heterocycles. The number of benzene rings is 1. The molecule has 12 nitrogen and oxygen atoms in total. The van der Waals surface area contributed by atoms with E-state index in [0.717, 1.165) is 82.1 Å². The fourth-order valence-corrected chi connectivity index (χ4v) is 5.56. The first kappa shape index (κ1) is 45.0. The molecule has 3 rings (SSSR count). The van der Waals surface area contributed by atoms with Crippen LogP contribution >= 0.6 is 0 Å². The predicted molar refractivity (Wildman–Crippen MR) is 209 cm³/mol. The summed E-state index contributed by atoms with van der Waals surface area (Å²) in [6.07, 6.45) is 18.0. The number of esters is 5. The van der Waals surface area contributed by atoms with Crippen LogP contribution < -0.4 is 4.74 Å². The Balaban J connectivity index is 1.52. The molecule has 2 aliphatic carbocycles. The van der Waals surface area contributed by atoms with E-state index in [0.29, 0.717) is 62.6 Å². The number of hydrogen-bond acceptors (Lipinski definition) is 12. The van der Waals surface area contributed by atoms with Crippen molar-refractivity contribution >= 4 is 29.8 Å². The Morgan fingerprint density at radius 2 is 1.14 bits per heavy atom.